The van der Waals surface area contributed by atoms with Crippen LogP contribution in [0.1, 0.15) is 84.9 Å². The number of benzene rings is 1. The summed E-state index contributed by atoms with van der Waals surface area (Å²) < 4.78 is 27.6. The molecule has 5 aliphatic rings. The topological polar surface area (TPSA) is 108 Å². The van der Waals surface area contributed by atoms with Gasteiger partial charge in [0.1, 0.15) is 11.2 Å². The number of rotatable bonds is 7. The van der Waals surface area contributed by atoms with E-state index < -0.39 is 46.1 Å². The quantitative estimate of drug-likeness (QED) is 0.441. The van der Waals surface area contributed by atoms with E-state index in [4.69, 9.17) is 18.9 Å². The van der Waals surface area contributed by atoms with E-state index in [1.54, 1.807) is 6.08 Å². The third-order valence-corrected chi connectivity index (χ3v) is 11.8. The van der Waals surface area contributed by atoms with Crippen LogP contribution in [0.4, 0.5) is 4.79 Å². The summed E-state index contributed by atoms with van der Waals surface area (Å²) in [5.41, 5.74) is 0.133. The van der Waals surface area contributed by atoms with Crippen molar-refractivity contribution in [1.29, 1.82) is 0 Å². The number of amides is 1. The Labute approximate surface area is 259 Å². The molecular formula is C35H46N2O7. The van der Waals surface area contributed by atoms with E-state index in [0.717, 1.165) is 35.9 Å². The van der Waals surface area contributed by atoms with Gasteiger partial charge in [-0.25, -0.2) is 4.79 Å². The molecule has 9 nitrogen and oxygen atoms in total. The van der Waals surface area contributed by atoms with Gasteiger partial charge < -0.3 is 33.9 Å². The largest absolute Gasteiger partial charge is 0.428 e. The van der Waals surface area contributed by atoms with Crippen molar-refractivity contribution in [1.82, 2.24) is 9.88 Å². The van der Waals surface area contributed by atoms with Gasteiger partial charge in [0, 0.05) is 47.1 Å². The summed E-state index contributed by atoms with van der Waals surface area (Å²) in [5, 5.41) is 17.4. The van der Waals surface area contributed by atoms with Crippen molar-refractivity contribution in [2.75, 3.05) is 13.2 Å². The number of para-hydroxylation sites is 1. The van der Waals surface area contributed by atoms with Crippen LogP contribution in [0.5, 0.6) is 0 Å². The number of nitrogens with zero attached hydrogens (tertiary/aromatic N) is 1. The summed E-state index contributed by atoms with van der Waals surface area (Å²) in [6.07, 6.45) is 4.09. The van der Waals surface area contributed by atoms with Crippen LogP contribution < -0.4 is 5.32 Å². The summed E-state index contributed by atoms with van der Waals surface area (Å²) in [6.45, 7) is 13.4. The van der Waals surface area contributed by atoms with Crippen LogP contribution in [0, 0.1) is 11.3 Å². The lowest BCUT2D eigenvalue weighted by Gasteiger charge is -2.67. The lowest BCUT2D eigenvalue weighted by atomic mass is 9.41. The number of ether oxygens (including phenoxy) is 4. The van der Waals surface area contributed by atoms with Gasteiger partial charge in [0.05, 0.1) is 11.6 Å². The van der Waals surface area contributed by atoms with Crippen molar-refractivity contribution in [3.05, 3.63) is 47.2 Å². The number of carbonyl (C=O) groups is 2. The molecule has 0 unspecified atom stereocenters. The summed E-state index contributed by atoms with van der Waals surface area (Å²) in [5.74, 6) is -1.19. The van der Waals surface area contributed by atoms with Crippen LogP contribution in [0.3, 0.4) is 0 Å². The van der Waals surface area contributed by atoms with Gasteiger partial charge in [-0.15, -0.1) is 0 Å². The molecule has 2 N–H and O–H groups in total. The zero-order valence-electron chi connectivity index (χ0n) is 26.8. The number of alkyl carbamates (subject to hydrolysis) is 1. The molecule has 3 heterocycles. The molecule has 3 fully saturated rings. The molecule has 7 atom stereocenters. The van der Waals surface area contributed by atoms with Crippen LogP contribution in [-0.2, 0) is 42.3 Å². The van der Waals surface area contributed by atoms with Crippen molar-refractivity contribution < 1.29 is 33.6 Å². The Kier molecular flexibility index (Phi) is 6.73. The number of carbonyl (C=O) groups excluding carboxylic acids is 2. The normalized spacial score (nSPS) is 38.0. The van der Waals surface area contributed by atoms with E-state index in [9.17, 15) is 14.7 Å². The first-order valence-electron chi connectivity index (χ1n) is 16.4. The van der Waals surface area contributed by atoms with Gasteiger partial charge in [-0.05, 0) is 69.6 Å². The molecule has 1 saturated heterocycles. The third-order valence-electron chi connectivity index (χ3n) is 11.8. The predicted molar refractivity (Wildman–Crippen MR) is 164 cm³/mol. The molecule has 238 valence electrons. The number of ketones is 1. The number of aliphatic hydroxyl groups is 1. The second kappa shape index (κ2) is 9.89. The van der Waals surface area contributed by atoms with Crippen molar-refractivity contribution in [3.63, 3.8) is 0 Å². The molecule has 3 aliphatic carbocycles. The van der Waals surface area contributed by atoms with E-state index in [2.05, 4.69) is 42.8 Å². The molecule has 1 aromatic heterocycles. The SMILES string of the molecule is CCCNC(=O)OCn1c2c(c3ccccc31)C[C@@H]1C[C@H](OCCC)[C@@]3(O)C4=CC(=O)[C@@H]5O[C@@]4(CC[C@]3(C)[C@@]21C)OC5(C)C. The molecule has 2 saturated carbocycles. The number of hydrogen-bond donors (Lipinski definition) is 2. The average molecular weight is 607 g/mol. The fraction of sp³-hybridized carbons (Fsp3) is 0.657. The van der Waals surface area contributed by atoms with E-state index >= 15 is 0 Å². The highest BCUT2D eigenvalue weighted by atomic mass is 16.8. The van der Waals surface area contributed by atoms with Gasteiger partial charge in [-0.3, -0.25) is 4.79 Å². The summed E-state index contributed by atoms with van der Waals surface area (Å²) in [6, 6.07) is 8.27. The number of fused-ring (bicyclic) bond motifs is 9. The van der Waals surface area contributed by atoms with Crippen molar-refractivity contribution in [2.45, 2.75) is 121 Å². The Bertz CT molecular complexity index is 1560. The second-order valence-corrected chi connectivity index (χ2v) is 14.5. The fourth-order valence-corrected chi connectivity index (χ4v) is 9.68. The van der Waals surface area contributed by atoms with E-state index in [1.165, 1.54) is 5.56 Å². The smallest absolute Gasteiger partial charge is 0.408 e. The van der Waals surface area contributed by atoms with E-state index in [-0.39, 0.29) is 18.4 Å². The Hall–Kier alpha value is -2.72. The lowest BCUT2D eigenvalue weighted by Crippen LogP contribution is -2.75. The highest BCUT2D eigenvalue weighted by molar-refractivity contribution is 5.97. The van der Waals surface area contributed by atoms with Gasteiger partial charge in [0.2, 0.25) is 0 Å². The molecular weight excluding hydrogens is 560 g/mol. The molecule has 44 heavy (non-hydrogen) atoms. The maximum absolute atomic E-state index is 13.6. The molecule has 7 rings (SSSR count). The first kappa shape index (κ1) is 30.0. The second-order valence-electron chi connectivity index (χ2n) is 14.5. The number of hydrogen-bond acceptors (Lipinski definition) is 7. The Morgan fingerprint density at radius 2 is 1.91 bits per heavy atom. The van der Waals surface area contributed by atoms with Crippen LogP contribution >= 0.6 is 0 Å². The van der Waals surface area contributed by atoms with Crippen molar-refractivity contribution in [3.8, 4) is 0 Å². The minimum Gasteiger partial charge on any atom is -0.428 e. The molecule has 2 aliphatic heterocycles. The van der Waals surface area contributed by atoms with Gasteiger partial charge in [-0.1, -0.05) is 45.9 Å². The fourth-order valence-electron chi connectivity index (χ4n) is 9.68. The summed E-state index contributed by atoms with van der Waals surface area (Å²) in [7, 11) is 0. The predicted octanol–water partition coefficient (Wildman–Crippen LogP) is 5.29. The zero-order valence-corrected chi connectivity index (χ0v) is 26.8. The standard InChI is InChI=1S/C35H46N2O7/c1-7-15-36-30(39)42-20-37-24-12-10-9-11-22(24)23-17-21-18-27(41-16-8-2)35(40)26-19-25(38)29-31(3,4)44-34(26,43-29)14-13-32(35,5)33(21,6)28(23)37/h9-12,19,21,27,29,40H,7-8,13-18,20H2,1-6H3,(H,36,39)/t21-,27+,29+,32-,33-,34+,35+/m1/s1. The van der Waals surface area contributed by atoms with Gasteiger partial charge in [0.15, 0.2) is 24.4 Å². The third kappa shape index (κ3) is 3.67. The summed E-state index contributed by atoms with van der Waals surface area (Å²) in [4.78, 5) is 26.2. The molecule has 1 amide bonds. The minimum atomic E-state index is -1.55. The molecule has 9 heteroatoms. The Morgan fingerprint density at radius 3 is 2.66 bits per heavy atom. The molecule has 1 aromatic carbocycles. The maximum atomic E-state index is 13.6. The van der Waals surface area contributed by atoms with Crippen molar-refractivity contribution in [2.24, 2.45) is 11.3 Å². The van der Waals surface area contributed by atoms with Crippen LogP contribution in [0.2, 0.25) is 0 Å². The lowest BCUT2D eigenvalue weighted by molar-refractivity contribution is -0.281. The number of nitrogens with one attached hydrogen (secondary N) is 1. The molecule has 2 bridgehead atoms. The van der Waals surface area contributed by atoms with E-state index in [1.807, 2.05) is 32.9 Å². The van der Waals surface area contributed by atoms with Crippen molar-refractivity contribution >= 4 is 22.8 Å². The van der Waals surface area contributed by atoms with Gasteiger partial charge in [-0.2, -0.15) is 0 Å². The maximum Gasteiger partial charge on any atom is 0.408 e. The highest BCUT2D eigenvalue weighted by Gasteiger charge is 2.78. The average Bonchev–Trinajstić information content (AvgIpc) is 3.56. The minimum absolute atomic E-state index is 0.0607. The first-order chi connectivity index (χ1) is 20.9. The van der Waals surface area contributed by atoms with E-state index in [0.29, 0.717) is 38.0 Å². The molecule has 2 aromatic rings. The van der Waals surface area contributed by atoms with Crippen LogP contribution in [-0.4, -0.2) is 63.9 Å². The first-order valence-corrected chi connectivity index (χ1v) is 16.4. The zero-order chi connectivity index (χ0) is 31.3. The monoisotopic (exact) mass is 606 g/mol. The Balaban J connectivity index is 1.40. The van der Waals surface area contributed by atoms with Gasteiger partial charge in [0.25, 0.3) is 0 Å². The molecule has 0 radical (unpaired) electrons. The highest BCUT2D eigenvalue weighted by Crippen LogP contribution is 2.72. The van der Waals surface area contributed by atoms with Crippen LogP contribution in [0.15, 0.2) is 35.9 Å². The summed E-state index contributed by atoms with van der Waals surface area (Å²) >= 11 is 0. The molecule has 1 spiro atoms. The Morgan fingerprint density at radius 1 is 1.14 bits per heavy atom. The number of aromatic nitrogens is 1. The van der Waals surface area contributed by atoms with Crippen LogP contribution in [0.25, 0.3) is 10.9 Å². The van der Waals surface area contributed by atoms with Gasteiger partial charge >= 0.3 is 6.09 Å².